The molecule has 1 aliphatic carbocycles. The van der Waals surface area contributed by atoms with Crippen molar-refractivity contribution in [3.8, 4) is 0 Å². The fourth-order valence-corrected chi connectivity index (χ4v) is 1.15. The minimum Gasteiger partial charge on any atom is -0.361 e. The molecule has 1 aromatic rings. The highest BCUT2D eigenvalue weighted by Gasteiger charge is 1.85. The van der Waals surface area contributed by atoms with E-state index in [4.69, 9.17) is 0 Å². The number of H-pyrrole nitrogens is 1. The van der Waals surface area contributed by atoms with Gasteiger partial charge in [0, 0.05) is 13.0 Å². The molecule has 1 aliphatic rings. The largest absolute Gasteiger partial charge is 0.361 e. The van der Waals surface area contributed by atoms with E-state index < -0.39 is 0 Å². The summed E-state index contributed by atoms with van der Waals surface area (Å²) in [5.41, 5.74) is 0. The van der Waals surface area contributed by atoms with Crippen molar-refractivity contribution in [2.75, 3.05) is 0 Å². The van der Waals surface area contributed by atoms with Gasteiger partial charge in [0.25, 0.3) is 0 Å². The molecule has 13 heavy (non-hydrogen) atoms. The zero-order chi connectivity index (χ0) is 9.52. The van der Waals surface area contributed by atoms with Crippen LogP contribution >= 0.6 is 0 Å². The third kappa shape index (κ3) is 2.94. The smallest absolute Gasteiger partial charge is 0.0416 e. The Balaban J connectivity index is 0.000000381. The Bertz CT molecular complexity index is 373. The number of rotatable bonds is 0. The van der Waals surface area contributed by atoms with E-state index in [2.05, 4.69) is 49.2 Å². The van der Waals surface area contributed by atoms with Gasteiger partial charge in [0.1, 0.15) is 0 Å². The Morgan fingerprint density at radius 2 is 2.23 bits per heavy atom. The second kappa shape index (κ2) is 5.41. The van der Waals surface area contributed by atoms with E-state index in [0.29, 0.717) is 0 Å². The molecule has 0 fully saturated rings. The fourth-order valence-electron chi connectivity index (χ4n) is 1.15. The second-order valence-corrected chi connectivity index (χ2v) is 3.09. The quantitative estimate of drug-likeness (QED) is 0.625. The lowest BCUT2D eigenvalue weighted by atomic mass is 10.4. The molecular formula is C12H19N. The summed E-state index contributed by atoms with van der Waals surface area (Å²) in [4.78, 5) is 3.17. The predicted molar refractivity (Wildman–Crippen MR) is 60.8 cm³/mol. The molecule has 72 valence electrons. The number of aromatic amines is 1. The fraction of sp³-hybridized carbons (Fsp3) is 0.333. The highest BCUT2D eigenvalue weighted by atomic mass is 14.6. The van der Waals surface area contributed by atoms with E-state index in [9.17, 15) is 0 Å². The van der Waals surface area contributed by atoms with E-state index in [0.717, 1.165) is 6.42 Å². The van der Waals surface area contributed by atoms with Gasteiger partial charge < -0.3 is 4.98 Å². The van der Waals surface area contributed by atoms with Crippen LogP contribution in [0.1, 0.15) is 28.1 Å². The molecule has 0 aliphatic heterocycles. The van der Waals surface area contributed by atoms with Gasteiger partial charge in [-0.2, -0.15) is 0 Å². The molecule has 1 nitrogen and oxygen atoms in total. The van der Waals surface area contributed by atoms with Gasteiger partial charge in [0.15, 0.2) is 0 Å². The lowest BCUT2D eigenvalue weighted by Gasteiger charge is -1.74. The SMILES string of the molecule is C1=CCC=c2[nH]ccc2=C1.CCC.[HH]. The van der Waals surface area contributed by atoms with Crippen LogP contribution in [0.2, 0.25) is 0 Å². The van der Waals surface area contributed by atoms with Gasteiger partial charge in [-0.15, -0.1) is 0 Å². The Kier molecular flexibility index (Phi) is 4.10. The van der Waals surface area contributed by atoms with Crippen molar-refractivity contribution in [2.24, 2.45) is 0 Å². The normalized spacial score (nSPS) is 12.8. The molecule has 0 aromatic carbocycles. The minimum absolute atomic E-state index is 0. The van der Waals surface area contributed by atoms with Crippen LogP contribution in [0, 0.1) is 0 Å². The zero-order valence-electron chi connectivity index (χ0n) is 8.38. The molecule has 2 rings (SSSR count). The molecule has 1 heteroatoms. The third-order valence-electron chi connectivity index (χ3n) is 1.68. The number of allylic oxidation sites excluding steroid dienone is 2. The number of nitrogens with one attached hydrogen (secondary N) is 1. The topological polar surface area (TPSA) is 15.8 Å². The average molecular weight is 177 g/mol. The van der Waals surface area contributed by atoms with Gasteiger partial charge in [-0.1, -0.05) is 44.6 Å². The van der Waals surface area contributed by atoms with Crippen LogP contribution in [0.5, 0.6) is 0 Å². The first-order valence-electron chi connectivity index (χ1n) is 4.89. The van der Waals surface area contributed by atoms with E-state index in [1.165, 1.54) is 17.0 Å². The van der Waals surface area contributed by atoms with Gasteiger partial charge in [-0.25, -0.2) is 0 Å². The summed E-state index contributed by atoms with van der Waals surface area (Å²) < 4.78 is 0. The van der Waals surface area contributed by atoms with Gasteiger partial charge in [-0.3, -0.25) is 0 Å². The van der Waals surface area contributed by atoms with Crippen LogP contribution in [0.15, 0.2) is 24.4 Å². The molecule has 1 aromatic heterocycles. The Morgan fingerprint density at radius 3 is 3.00 bits per heavy atom. The first-order chi connectivity index (χ1) is 6.38. The number of hydrogen-bond donors (Lipinski definition) is 1. The Labute approximate surface area is 81.0 Å². The van der Waals surface area contributed by atoms with Crippen molar-refractivity contribution < 1.29 is 1.43 Å². The molecule has 1 N–H and O–H groups in total. The molecule has 0 saturated carbocycles. The maximum Gasteiger partial charge on any atom is 0.0416 e. The molecule has 0 saturated heterocycles. The first-order valence-corrected chi connectivity index (χ1v) is 4.89. The number of aromatic nitrogens is 1. The Hall–Kier alpha value is -1.24. The molecular weight excluding hydrogens is 158 g/mol. The predicted octanol–water partition coefficient (Wildman–Crippen LogP) is 2.20. The highest BCUT2D eigenvalue weighted by Crippen LogP contribution is 1.86. The van der Waals surface area contributed by atoms with Crippen LogP contribution in [0.4, 0.5) is 0 Å². The van der Waals surface area contributed by atoms with Crippen molar-refractivity contribution in [3.63, 3.8) is 0 Å². The van der Waals surface area contributed by atoms with Crippen LogP contribution in [0.3, 0.4) is 0 Å². The van der Waals surface area contributed by atoms with Gasteiger partial charge in [0.2, 0.25) is 0 Å². The van der Waals surface area contributed by atoms with Gasteiger partial charge in [-0.05, 0) is 17.7 Å². The van der Waals surface area contributed by atoms with Gasteiger partial charge in [0.05, 0.1) is 0 Å². The number of hydrogen-bond acceptors (Lipinski definition) is 0. The Morgan fingerprint density at radius 1 is 1.46 bits per heavy atom. The average Bonchev–Trinajstić information content (AvgIpc) is 2.44. The zero-order valence-corrected chi connectivity index (χ0v) is 8.38. The molecule has 0 spiro atoms. The summed E-state index contributed by atoms with van der Waals surface area (Å²) >= 11 is 0. The van der Waals surface area contributed by atoms with Crippen molar-refractivity contribution >= 4 is 12.2 Å². The van der Waals surface area contributed by atoms with Crippen molar-refractivity contribution in [3.05, 3.63) is 35.0 Å². The molecule has 0 radical (unpaired) electrons. The molecule has 1 heterocycles. The summed E-state index contributed by atoms with van der Waals surface area (Å²) in [6.45, 7) is 4.25. The summed E-state index contributed by atoms with van der Waals surface area (Å²) in [5, 5.41) is 2.53. The van der Waals surface area contributed by atoms with Crippen molar-refractivity contribution in [2.45, 2.75) is 26.7 Å². The van der Waals surface area contributed by atoms with Crippen LogP contribution < -0.4 is 10.6 Å². The first kappa shape index (κ1) is 9.85. The van der Waals surface area contributed by atoms with Crippen molar-refractivity contribution in [1.29, 1.82) is 0 Å². The standard InChI is InChI=1S/C9H9N.C3H8.H2/c1-2-4-8-6-7-10-9(8)5-3-1;1-3-2;/h1-2,4-7,10H,3H2;3H2,1-2H3;1H. The lowest BCUT2D eigenvalue weighted by molar-refractivity contribution is 1.09. The lowest BCUT2D eigenvalue weighted by Crippen LogP contribution is -2.20. The van der Waals surface area contributed by atoms with Crippen LogP contribution in [-0.4, -0.2) is 4.98 Å². The van der Waals surface area contributed by atoms with E-state index in [1.807, 2.05) is 6.20 Å². The second-order valence-electron chi connectivity index (χ2n) is 3.09. The summed E-state index contributed by atoms with van der Waals surface area (Å²) in [6, 6.07) is 2.08. The van der Waals surface area contributed by atoms with E-state index in [1.54, 1.807) is 0 Å². The van der Waals surface area contributed by atoms with Crippen molar-refractivity contribution in [1.82, 2.24) is 4.98 Å². The minimum atomic E-state index is 0. The summed E-state index contributed by atoms with van der Waals surface area (Å²) in [7, 11) is 0. The summed E-state index contributed by atoms with van der Waals surface area (Å²) in [6.07, 6.45) is 12.8. The molecule has 0 amide bonds. The molecule has 0 bridgehead atoms. The van der Waals surface area contributed by atoms with Crippen LogP contribution in [0.25, 0.3) is 12.2 Å². The van der Waals surface area contributed by atoms with E-state index >= 15 is 0 Å². The third-order valence-corrected chi connectivity index (χ3v) is 1.68. The summed E-state index contributed by atoms with van der Waals surface area (Å²) in [5.74, 6) is 0. The molecule has 0 unspecified atom stereocenters. The molecule has 0 atom stereocenters. The van der Waals surface area contributed by atoms with Crippen LogP contribution in [-0.2, 0) is 0 Å². The van der Waals surface area contributed by atoms with E-state index in [-0.39, 0.29) is 1.43 Å². The highest BCUT2D eigenvalue weighted by molar-refractivity contribution is 5.42. The van der Waals surface area contributed by atoms with Gasteiger partial charge >= 0.3 is 0 Å². The monoisotopic (exact) mass is 177 g/mol. The maximum atomic E-state index is 3.17. The number of fused-ring (bicyclic) bond motifs is 1. The maximum absolute atomic E-state index is 3.17.